The largest absolute Gasteiger partial charge is 0.484 e. The number of amides is 2. The van der Waals surface area contributed by atoms with E-state index in [9.17, 15) is 18.4 Å². The normalized spacial score (nSPS) is 14.6. The number of hydrogen-bond donors (Lipinski definition) is 1. The molecule has 0 aromatic heterocycles. The molecule has 1 saturated heterocycles. The lowest BCUT2D eigenvalue weighted by atomic mass is 10.3. The molecule has 2 aromatic rings. The van der Waals surface area contributed by atoms with Gasteiger partial charge in [0.25, 0.3) is 5.91 Å². The lowest BCUT2D eigenvalue weighted by molar-refractivity contribution is -0.135. The van der Waals surface area contributed by atoms with Crippen LogP contribution in [0.4, 0.5) is 14.5 Å². The van der Waals surface area contributed by atoms with Crippen molar-refractivity contribution in [3.63, 3.8) is 0 Å². The van der Waals surface area contributed by atoms with Gasteiger partial charge in [0.15, 0.2) is 6.61 Å². The molecule has 0 spiro atoms. The minimum Gasteiger partial charge on any atom is -0.484 e. The second-order valence-corrected chi connectivity index (χ2v) is 6.46. The van der Waals surface area contributed by atoms with E-state index in [-0.39, 0.29) is 30.8 Å². The van der Waals surface area contributed by atoms with Gasteiger partial charge >= 0.3 is 0 Å². The van der Waals surface area contributed by atoms with Crippen molar-refractivity contribution in [2.24, 2.45) is 0 Å². The van der Waals surface area contributed by atoms with Gasteiger partial charge in [0.1, 0.15) is 17.4 Å². The van der Waals surface area contributed by atoms with Crippen molar-refractivity contribution in [1.82, 2.24) is 9.80 Å². The molecule has 6 nitrogen and oxygen atoms in total. The molecule has 0 bridgehead atoms. The van der Waals surface area contributed by atoms with Crippen LogP contribution in [0, 0.1) is 11.6 Å². The van der Waals surface area contributed by atoms with E-state index in [0.717, 1.165) is 0 Å². The number of benzene rings is 2. The van der Waals surface area contributed by atoms with Crippen LogP contribution < -0.4 is 10.1 Å². The molecule has 1 heterocycles. The second-order valence-electron chi connectivity index (χ2n) is 6.46. The average molecular weight is 389 g/mol. The zero-order valence-corrected chi connectivity index (χ0v) is 15.2. The molecule has 28 heavy (non-hydrogen) atoms. The first kappa shape index (κ1) is 19.8. The van der Waals surface area contributed by atoms with Crippen molar-refractivity contribution in [3.05, 3.63) is 60.2 Å². The number of anilines is 1. The molecule has 0 radical (unpaired) electrons. The summed E-state index contributed by atoms with van der Waals surface area (Å²) in [6.45, 7) is 2.13. The fourth-order valence-electron chi connectivity index (χ4n) is 2.89. The first-order chi connectivity index (χ1) is 13.5. The molecule has 3 rings (SSSR count). The summed E-state index contributed by atoms with van der Waals surface area (Å²) in [7, 11) is 0. The van der Waals surface area contributed by atoms with E-state index in [1.54, 1.807) is 11.0 Å². The van der Waals surface area contributed by atoms with E-state index in [1.807, 2.05) is 4.90 Å². The van der Waals surface area contributed by atoms with Crippen LogP contribution in [-0.2, 0) is 9.59 Å². The highest BCUT2D eigenvalue weighted by Gasteiger charge is 2.22. The molecule has 148 valence electrons. The molecule has 0 saturated carbocycles. The van der Waals surface area contributed by atoms with E-state index >= 15 is 0 Å². The van der Waals surface area contributed by atoms with Crippen LogP contribution in [0.1, 0.15) is 0 Å². The molecule has 0 aliphatic carbocycles. The van der Waals surface area contributed by atoms with Gasteiger partial charge in [0, 0.05) is 31.9 Å². The van der Waals surface area contributed by atoms with Gasteiger partial charge in [0.05, 0.1) is 6.54 Å². The quantitative estimate of drug-likeness (QED) is 0.822. The summed E-state index contributed by atoms with van der Waals surface area (Å²) in [6, 6.07) is 11.2. The molecule has 2 aromatic carbocycles. The van der Waals surface area contributed by atoms with Gasteiger partial charge < -0.3 is 15.0 Å². The monoisotopic (exact) mass is 389 g/mol. The maximum absolute atomic E-state index is 13.2. The molecular formula is C20H21F2N3O3. The summed E-state index contributed by atoms with van der Waals surface area (Å²) in [4.78, 5) is 27.9. The predicted octanol–water partition coefficient (Wildman–Crippen LogP) is 2.13. The van der Waals surface area contributed by atoms with Gasteiger partial charge in [-0.1, -0.05) is 6.07 Å². The van der Waals surface area contributed by atoms with Crippen LogP contribution in [-0.4, -0.2) is 60.9 Å². The zero-order chi connectivity index (χ0) is 19.9. The summed E-state index contributed by atoms with van der Waals surface area (Å²) in [6.07, 6.45) is 0. The van der Waals surface area contributed by atoms with Crippen LogP contribution in [0.15, 0.2) is 48.5 Å². The molecule has 1 fully saturated rings. The van der Waals surface area contributed by atoms with Crippen molar-refractivity contribution in [2.45, 2.75) is 0 Å². The predicted molar refractivity (Wildman–Crippen MR) is 99.9 cm³/mol. The van der Waals surface area contributed by atoms with E-state index in [1.165, 1.54) is 42.5 Å². The van der Waals surface area contributed by atoms with Crippen molar-refractivity contribution >= 4 is 17.5 Å². The smallest absolute Gasteiger partial charge is 0.260 e. The number of hydrogen-bond acceptors (Lipinski definition) is 4. The van der Waals surface area contributed by atoms with E-state index in [4.69, 9.17) is 4.74 Å². The highest BCUT2D eigenvalue weighted by molar-refractivity contribution is 5.92. The molecule has 0 unspecified atom stereocenters. The van der Waals surface area contributed by atoms with Crippen molar-refractivity contribution < 1.29 is 23.1 Å². The molecule has 0 atom stereocenters. The zero-order valence-electron chi connectivity index (χ0n) is 15.2. The Morgan fingerprint density at radius 3 is 2.36 bits per heavy atom. The number of nitrogens with one attached hydrogen (secondary N) is 1. The molecule has 2 amide bonds. The topological polar surface area (TPSA) is 61.9 Å². The third-order valence-electron chi connectivity index (χ3n) is 4.38. The number of carbonyl (C=O) groups excluding carboxylic acids is 2. The summed E-state index contributed by atoms with van der Waals surface area (Å²) in [5.74, 6) is -0.732. The van der Waals surface area contributed by atoms with E-state index in [2.05, 4.69) is 5.32 Å². The van der Waals surface area contributed by atoms with Gasteiger partial charge in [-0.25, -0.2) is 8.78 Å². The minimum absolute atomic E-state index is 0.119. The van der Waals surface area contributed by atoms with Crippen LogP contribution in [0.2, 0.25) is 0 Å². The molecule has 1 aliphatic rings. The first-order valence-corrected chi connectivity index (χ1v) is 8.93. The van der Waals surface area contributed by atoms with Gasteiger partial charge in [-0.15, -0.1) is 0 Å². The van der Waals surface area contributed by atoms with Crippen LogP contribution in [0.5, 0.6) is 5.75 Å². The summed E-state index contributed by atoms with van der Waals surface area (Å²) < 4.78 is 31.4. The Morgan fingerprint density at radius 1 is 0.964 bits per heavy atom. The number of ether oxygens (including phenoxy) is 1. The number of rotatable bonds is 6. The fraction of sp³-hybridized carbons (Fsp3) is 0.300. The molecular weight excluding hydrogens is 368 g/mol. The summed E-state index contributed by atoms with van der Waals surface area (Å²) >= 11 is 0. The summed E-state index contributed by atoms with van der Waals surface area (Å²) in [5, 5.41) is 2.66. The molecule has 1 N–H and O–H groups in total. The fourth-order valence-corrected chi connectivity index (χ4v) is 2.89. The van der Waals surface area contributed by atoms with Crippen molar-refractivity contribution in [2.75, 3.05) is 44.6 Å². The number of halogens is 2. The van der Waals surface area contributed by atoms with Gasteiger partial charge in [-0.3, -0.25) is 14.5 Å². The van der Waals surface area contributed by atoms with Gasteiger partial charge in [-0.05, 0) is 42.5 Å². The summed E-state index contributed by atoms with van der Waals surface area (Å²) in [5.41, 5.74) is 0.414. The van der Waals surface area contributed by atoms with Crippen LogP contribution in [0.3, 0.4) is 0 Å². The van der Waals surface area contributed by atoms with Crippen LogP contribution >= 0.6 is 0 Å². The molecule has 1 aliphatic heterocycles. The Hall–Kier alpha value is -3.00. The molecule has 8 heteroatoms. The Balaban J connectivity index is 1.39. The minimum atomic E-state index is -0.409. The third-order valence-corrected chi connectivity index (χ3v) is 4.38. The Bertz CT molecular complexity index is 822. The maximum Gasteiger partial charge on any atom is 0.260 e. The lowest BCUT2D eigenvalue weighted by Crippen LogP contribution is -2.51. The SMILES string of the molecule is O=C(CN1CCN(C(=O)COc2ccc(F)cc2)CC1)Nc1cccc(F)c1. The van der Waals surface area contributed by atoms with Crippen molar-refractivity contribution in [3.8, 4) is 5.75 Å². The Morgan fingerprint density at radius 2 is 1.68 bits per heavy atom. The van der Waals surface area contributed by atoms with E-state index < -0.39 is 5.82 Å². The average Bonchev–Trinajstić information content (AvgIpc) is 2.68. The maximum atomic E-state index is 13.2. The number of carbonyl (C=O) groups is 2. The van der Waals surface area contributed by atoms with Gasteiger partial charge in [0.2, 0.25) is 5.91 Å². The number of nitrogens with zero attached hydrogens (tertiary/aromatic N) is 2. The Kier molecular flexibility index (Phi) is 6.54. The first-order valence-electron chi connectivity index (χ1n) is 8.93. The van der Waals surface area contributed by atoms with E-state index in [0.29, 0.717) is 37.6 Å². The third kappa shape index (κ3) is 5.75. The lowest BCUT2D eigenvalue weighted by Gasteiger charge is -2.34. The Labute approximate surface area is 161 Å². The number of piperazine rings is 1. The standard InChI is InChI=1S/C20H21F2N3O3/c21-15-4-6-18(7-5-15)28-14-20(27)25-10-8-24(9-11-25)13-19(26)23-17-3-1-2-16(22)12-17/h1-7,12H,8-11,13-14H2,(H,23,26). The van der Waals surface area contributed by atoms with Crippen molar-refractivity contribution in [1.29, 1.82) is 0 Å². The van der Waals surface area contributed by atoms with Gasteiger partial charge in [-0.2, -0.15) is 0 Å². The van der Waals surface area contributed by atoms with Crippen LogP contribution in [0.25, 0.3) is 0 Å². The highest BCUT2D eigenvalue weighted by atomic mass is 19.1. The highest BCUT2D eigenvalue weighted by Crippen LogP contribution is 2.12. The second kappa shape index (κ2) is 9.27.